The second-order valence-electron chi connectivity index (χ2n) is 1.45. The van der Waals surface area contributed by atoms with Crippen LogP contribution in [0.15, 0.2) is 0 Å². The molecule has 0 aliphatic carbocycles. The summed E-state index contributed by atoms with van der Waals surface area (Å²) in [5, 5.41) is 24.1. The molecule has 0 aromatic carbocycles. The maximum atomic E-state index is 9.72. The standard InChI is InChI=1S/C4H6O5.2ClH/c5-2(4(8)9)1-3(6)7;;/h2,5H,1H2,(H,6,7)(H,8,9);2*1H. The van der Waals surface area contributed by atoms with Crippen LogP contribution >= 0.6 is 24.8 Å². The van der Waals surface area contributed by atoms with E-state index in [9.17, 15) is 9.59 Å². The van der Waals surface area contributed by atoms with E-state index < -0.39 is 24.5 Å². The van der Waals surface area contributed by atoms with Gasteiger partial charge >= 0.3 is 11.9 Å². The molecule has 0 aromatic rings. The van der Waals surface area contributed by atoms with Crippen LogP contribution in [0.1, 0.15) is 6.42 Å². The molecule has 0 saturated heterocycles. The van der Waals surface area contributed by atoms with E-state index in [1.165, 1.54) is 0 Å². The lowest BCUT2D eigenvalue weighted by Gasteiger charge is -1.97. The first kappa shape index (κ1) is 16.8. The molecule has 0 rings (SSSR count). The van der Waals surface area contributed by atoms with E-state index in [4.69, 9.17) is 15.3 Å². The molecule has 0 aliphatic heterocycles. The summed E-state index contributed by atoms with van der Waals surface area (Å²) < 4.78 is 0. The van der Waals surface area contributed by atoms with Crippen molar-refractivity contribution in [2.24, 2.45) is 0 Å². The predicted molar refractivity (Wildman–Crippen MR) is 40.4 cm³/mol. The van der Waals surface area contributed by atoms with Gasteiger partial charge in [0.1, 0.15) is 0 Å². The van der Waals surface area contributed by atoms with Crippen molar-refractivity contribution in [3.05, 3.63) is 0 Å². The van der Waals surface area contributed by atoms with E-state index in [0.717, 1.165) is 0 Å². The fourth-order valence-corrected chi connectivity index (χ4v) is 0.253. The third kappa shape index (κ3) is 9.48. The Balaban J connectivity index is -0.000000320. The zero-order valence-electron chi connectivity index (χ0n) is 5.26. The Labute approximate surface area is 74.8 Å². The molecule has 68 valence electrons. The molecule has 1 unspecified atom stereocenters. The molecule has 0 saturated carbocycles. The van der Waals surface area contributed by atoms with Crippen molar-refractivity contribution in [1.29, 1.82) is 0 Å². The van der Waals surface area contributed by atoms with E-state index in [2.05, 4.69) is 0 Å². The van der Waals surface area contributed by atoms with E-state index in [-0.39, 0.29) is 24.8 Å². The van der Waals surface area contributed by atoms with Gasteiger partial charge in [-0.25, -0.2) is 4.79 Å². The Hall–Kier alpha value is -0.520. The van der Waals surface area contributed by atoms with Crippen molar-refractivity contribution in [1.82, 2.24) is 0 Å². The second kappa shape index (κ2) is 7.59. The lowest BCUT2D eigenvalue weighted by molar-refractivity contribution is -0.152. The minimum absolute atomic E-state index is 0. The number of carboxylic acids is 2. The van der Waals surface area contributed by atoms with Crippen LogP contribution in [-0.4, -0.2) is 33.4 Å². The molecule has 0 spiro atoms. The van der Waals surface area contributed by atoms with Gasteiger partial charge < -0.3 is 15.3 Å². The summed E-state index contributed by atoms with van der Waals surface area (Å²) in [5.41, 5.74) is 0. The lowest BCUT2D eigenvalue weighted by Crippen LogP contribution is -2.22. The van der Waals surface area contributed by atoms with Crippen LogP contribution in [0, 0.1) is 0 Å². The van der Waals surface area contributed by atoms with Crippen LogP contribution in [0.4, 0.5) is 0 Å². The van der Waals surface area contributed by atoms with Gasteiger partial charge in [0.15, 0.2) is 6.10 Å². The molecule has 0 fully saturated rings. The van der Waals surface area contributed by atoms with Crippen LogP contribution in [0.5, 0.6) is 0 Å². The third-order valence-corrected chi connectivity index (χ3v) is 0.653. The van der Waals surface area contributed by atoms with E-state index >= 15 is 0 Å². The number of carboxylic acid groups (broad SMARTS) is 2. The number of halogens is 2. The molecule has 0 bridgehead atoms. The molecular formula is C4H8Cl2O5. The first-order chi connectivity index (χ1) is 4.04. The molecule has 0 amide bonds. The summed E-state index contributed by atoms with van der Waals surface area (Å²) in [5.74, 6) is -2.85. The highest BCUT2D eigenvalue weighted by Gasteiger charge is 2.16. The van der Waals surface area contributed by atoms with Gasteiger partial charge in [0, 0.05) is 0 Å². The molecule has 3 N–H and O–H groups in total. The maximum absolute atomic E-state index is 9.72. The number of rotatable bonds is 3. The Morgan fingerprint density at radius 2 is 1.55 bits per heavy atom. The van der Waals surface area contributed by atoms with Gasteiger partial charge in [-0.05, 0) is 0 Å². The number of hydrogen-bond donors (Lipinski definition) is 3. The Kier molecular flexibility index (Phi) is 11.6. The predicted octanol–water partition coefficient (Wildman–Crippen LogP) is -0.250. The van der Waals surface area contributed by atoms with Crippen molar-refractivity contribution < 1.29 is 24.9 Å². The zero-order chi connectivity index (χ0) is 7.44. The number of aliphatic carboxylic acids is 2. The van der Waals surface area contributed by atoms with Gasteiger partial charge in [-0.15, -0.1) is 24.8 Å². The van der Waals surface area contributed by atoms with Crippen LogP contribution < -0.4 is 0 Å². The molecule has 0 aromatic heterocycles. The number of aliphatic hydroxyl groups is 1. The van der Waals surface area contributed by atoms with Gasteiger partial charge in [-0.2, -0.15) is 0 Å². The Morgan fingerprint density at radius 1 is 1.18 bits per heavy atom. The molecule has 7 heteroatoms. The molecule has 5 nitrogen and oxygen atoms in total. The van der Waals surface area contributed by atoms with Crippen molar-refractivity contribution in [2.75, 3.05) is 0 Å². The van der Waals surface area contributed by atoms with Gasteiger partial charge in [0.25, 0.3) is 0 Å². The van der Waals surface area contributed by atoms with Gasteiger partial charge in [-0.3, -0.25) is 4.79 Å². The summed E-state index contributed by atoms with van der Waals surface area (Å²) in [7, 11) is 0. The highest BCUT2D eigenvalue weighted by atomic mass is 35.5. The summed E-state index contributed by atoms with van der Waals surface area (Å²) in [6.45, 7) is 0. The fourth-order valence-electron chi connectivity index (χ4n) is 0.253. The highest BCUT2D eigenvalue weighted by Crippen LogP contribution is 1.89. The molecule has 0 aliphatic rings. The second-order valence-corrected chi connectivity index (χ2v) is 1.45. The highest BCUT2D eigenvalue weighted by molar-refractivity contribution is 5.85. The number of hydrogen-bond acceptors (Lipinski definition) is 3. The largest absolute Gasteiger partial charge is 0.481 e. The van der Waals surface area contributed by atoms with Crippen molar-refractivity contribution >= 4 is 36.8 Å². The van der Waals surface area contributed by atoms with Crippen molar-refractivity contribution in [3.8, 4) is 0 Å². The average Bonchev–Trinajstić information content (AvgIpc) is 1.63. The van der Waals surface area contributed by atoms with E-state index in [0.29, 0.717) is 0 Å². The minimum Gasteiger partial charge on any atom is -0.481 e. The van der Waals surface area contributed by atoms with Crippen LogP contribution in [0.2, 0.25) is 0 Å². The summed E-state index contributed by atoms with van der Waals surface area (Å²) in [6, 6.07) is 0. The first-order valence-electron chi connectivity index (χ1n) is 2.16. The Morgan fingerprint density at radius 3 is 1.64 bits per heavy atom. The van der Waals surface area contributed by atoms with Crippen LogP contribution in [0.3, 0.4) is 0 Å². The molecule has 0 heterocycles. The van der Waals surface area contributed by atoms with Gasteiger partial charge in [0.05, 0.1) is 6.42 Å². The molecule has 0 radical (unpaired) electrons. The first-order valence-corrected chi connectivity index (χ1v) is 2.16. The smallest absolute Gasteiger partial charge is 0.333 e. The van der Waals surface area contributed by atoms with Crippen LogP contribution in [-0.2, 0) is 9.59 Å². The van der Waals surface area contributed by atoms with Gasteiger partial charge in [0.2, 0.25) is 0 Å². The zero-order valence-corrected chi connectivity index (χ0v) is 6.89. The molecule has 11 heavy (non-hydrogen) atoms. The normalized spacial score (nSPS) is 10.3. The summed E-state index contributed by atoms with van der Waals surface area (Å²) in [6.07, 6.45) is -2.54. The monoisotopic (exact) mass is 206 g/mol. The lowest BCUT2D eigenvalue weighted by atomic mass is 10.3. The number of aliphatic hydroxyl groups excluding tert-OH is 1. The van der Waals surface area contributed by atoms with Crippen molar-refractivity contribution in [2.45, 2.75) is 12.5 Å². The van der Waals surface area contributed by atoms with Crippen molar-refractivity contribution in [3.63, 3.8) is 0 Å². The average molecular weight is 207 g/mol. The van der Waals surface area contributed by atoms with E-state index in [1.807, 2.05) is 0 Å². The maximum Gasteiger partial charge on any atom is 0.333 e. The van der Waals surface area contributed by atoms with Gasteiger partial charge in [-0.1, -0.05) is 0 Å². The van der Waals surface area contributed by atoms with E-state index in [1.54, 1.807) is 0 Å². The fraction of sp³-hybridized carbons (Fsp3) is 0.500. The molecule has 1 atom stereocenters. The number of carbonyl (C=O) groups is 2. The van der Waals surface area contributed by atoms with Crippen LogP contribution in [0.25, 0.3) is 0 Å². The quantitative estimate of drug-likeness (QED) is 0.593. The minimum atomic E-state index is -1.79. The summed E-state index contributed by atoms with van der Waals surface area (Å²) >= 11 is 0. The third-order valence-electron chi connectivity index (χ3n) is 0.653. The SMILES string of the molecule is Cl.Cl.O=C(O)CC(O)C(=O)O. The topological polar surface area (TPSA) is 94.8 Å². The summed E-state index contributed by atoms with van der Waals surface area (Å²) in [4.78, 5) is 19.4. The Bertz CT molecular complexity index is 136. The molecular weight excluding hydrogens is 199 g/mol.